The maximum atomic E-state index is 13.1. The first kappa shape index (κ1) is 13.7. The molecule has 19 heavy (non-hydrogen) atoms. The summed E-state index contributed by atoms with van der Waals surface area (Å²) in [6.45, 7) is 0.700. The molecule has 0 aliphatic carbocycles. The molecule has 0 spiro atoms. The molecule has 102 valence electrons. The predicted octanol–water partition coefficient (Wildman–Crippen LogP) is 3.03. The zero-order chi connectivity index (χ0) is 13.7. The van der Waals surface area contributed by atoms with Gasteiger partial charge in [-0.3, -0.25) is 0 Å². The molecule has 0 saturated heterocycles. The van der Waals surface area contributed by atoms with Crippen LogP contribution in [0.25, 0.3) is 11.3 Å². The first-order chi connectivity index (χ1) is 9.19. The number of aryl methyl sites for hydroxylation is 1. The van der Waals surface area contributed by atoms with Crippen molar-refractivity contribution in [1.29, 1.82) is 0 Å². The number of H-pyrrole nitrogens is 1. The van der Waals surface area contributed by atoms with Gasteiger partial charge in [0.2, 0.25) is 0 Å². The summed E-state index contributed by atoms with van der Waals surface area (Å²) in [6, 6.07) is 3.43. The number of hydrogen-bond donors (Lipinski definition) is 2. The third kappa shape index (κ3) is 3.86. The second kappa shape index (κ2) is 6.43. The van der Waals surface area contributed by atoms with E-state index in [1.807, 2.05) is 0 Å². The number of aromatic amines is 1. The van der Waals surface area contributed by atoms with Gasteiger partial charge in [-0.25, -0.2) is 13.8 Å². The number of unbranched alkanes of at least 4 members (excludes halogenated alkanes) is 2. The molecule has 0 radical (unpaired) electrons. The third-order valence-corrected chi connectivity index (χ3v) is 2.92. The van der Waals surface area contributed by atoms with Gasteiger partial charge in [-0.2, -0.15) is 0 Å². The number of hydrogen-bond acceptors (Lipinski definition) is 2. The minimum Gasteiger partial charge on any atom is -0.342 e. The highest BCUT2D eigenvalue weighted by atomic mass is 19.1. The van der Waals surface area contributed by atoms with Crippen molar-refractivity contribution in [2.75, 3.05) is 6.54 Å². The van der Waals surface area contributed by atoms with Gasteiger partial charge in [0, 0.05) is 18.1 Å². The van der Waals surface area contributed by atoms with Gasteiger partial charge in [0.05, 0.1) is 11.9 Å². The summed E-state index contributed by atoms with van der Waals surface area (Å²) >= 11 is 0. The largest absolute Gasteiger partial charge is 0.342 e. The van der Waals surface area contributed by atoms with Crippen molar-refractivity contribution in [3.63, 3.8) is 0 Å². The fourth-order valence-electron chi connectivity index (χ4n) is 1.96. The van der Waals surface area contributed by atoms with E-state index in [-0.39, 0.29) is 0 Å². The Labute approximate surface area is 110 Å². The molecule has 1 aromatic carbocycles. The number of benzene rings is 1. The summed E-state index contributed by atoms with van der Waals surface area (Å²) in [7, 11) is 0. The summed E-state index contributed by atoms with van der Waals surface area (Å²) in [6.07, 6.45) is 5.48. The SMILES string of the molecule is NCCCCCc1ncc(-c2cc(F)cc(F)c2)[nH]1. The summed E-state index contributed by atoms with van der Waals surface area (Å²) < 4.78 is 26.2. The van der Waals surface area contributed by atoms with Crippen molar-refractivity contribution < 1.29 is 8.78 Å². The average molecular weight is 265 g/mol. The van der Waals surface area contributed by atoms with Crippen LogP contribution in [0.3, 0.4) is 0 Å². The number of imidazole rings is 1. The number of aromatic nitrogens is 2. The first-order valence-corrected chi connectivity index (χ1v) is 6.39. The summed E-state index contributed by atoms with van der Waals surface area (Å²) in [4.78, 5) is 7.30. The van der Waals surface area contributed by atoms with Crippen LogP contribution in [-0.4, -0.2) is 16.5 Å². The Morgan fingerprint density at radius 3 is 2.47 bits per heavy atom. The van der Waals surface area contributed by atoms with Crippen molar-refractivity contribution in [3.8, 4) is 11.3 Å². The van der Waals surface area contributed by atoms with E-state index in [0.29, 0.717) is 17.8 Å². The van der Waals surface area contributed by atoms with Gasteiger partial charge >= 0.3 is 0 Å². The Bertz CT molecular complexity index is 517. The summed E-state index contributed by atoms with van der Waals surface area (Å²) in [5, 5.41) is 0. The van der Waals surface area contributed by atoms with Crippen molar-refractivity contribution in [2.45, 2.75) is 25.7 Å². The van der Waals surface area contributed by atoms with Crippen molar-refractivity contribution in [1.82, 2.24) is 9.97 Å². The average Bonchev–Trinajstić information content (AvgIpc) is 2.82. The smallest absolute Gasteiger partial charge is 0.126 e. The molecule has 1 heterocycles. The van der Waals surface area contributed by atoms with E-state index in [9.17, 15) is 8.78 Å². The van der Waals surface area contributed by atoms with E-state index in [1.54, 1.807) is 6.20 Å². The highest BCUT2D eigenvalue weighted by molar-refractivity contribution is 5.58. The zero-order valence-electron chi connectivity index (χ0n) is 10.6. The topological polar surface area (TPSA) is 54.7 Å². The molecule has 0 amide bonds. The minimum atomic E-state index is -0.589. The first-order valence-electron chi connectivity index (χ1n) is 6.39. The maximum Gasteiger partial charge on any atom is 0.126 e. The van der Waals surface area contributed by atoms with Crippen molar-refractivity contribution >= 4 is 0 Å². The van der Waals surface area contributed by atoms with Gasteiger partial charge in [-0.1, -0.05) is 6.42 Å². The molecule has 1 aromatic heterocycles. The Hall–Kier alpha value is -1.75. The Balaban J connectivity index is 2.03. The number of nitrogens with one attached hydrogen (secondary N) is 1. The van der Waals surface area contributed by atoms with Gasteiger partial charge in [0.1, 0.15) is 17.5 Å². The van der Waals surface area contributed by atoms with Crippen LogP contribution in [0.5, 0.6) is 0 Å². The lowest BCUT2D eigenvalue weighted by Crippen LogP contribution is -1.98. The maximum absolute atomic E-state index is 13.1. The van der Waals surface area contributed by atoms with Gasteiger partial charge < -0.3 is 10.7 Å². The highest BCUT2D eigenvalue weighted by Gasteiger charge is 2.06. The zero-order valence-corrected chi connectivity index (χ0v) is 10.6. The Morgan fingerprint density at radius 1 is 1.05 bits per heavy atom. The van der Waals surface area contributed by atoms with Crippen LogP contribution >= 0.6 is 0 Å². The molecule has 2 aromatic rings. The van der Waals surface area contributed by atoms with E-state index >= 15 is 0 Å². The van der Waals surface area contributed by atoms with Gasteiger partial charge in [-0.05, 0) is 31.5 Å². The lowest BCUT2D eigenvalue weighted by atomic mass is 10.1. The van der Waals surface area contributed by atoms with Crippen LogP contribution in [0, 0.1) is 11.6 Å². The standard InChI is InChI=1S/C14H17F2N3/c15-11-6-10(7-12(16)8-11)13-9-18-14(19-13)4-2-1-3-5-17/h6-9H,1-5,17H2,(H,18,19). The second-order valence-electron chi connectivity index (χ2n) is 4.50. The second-order valence-corrected chi connectivity index (χ2v) is 4.50. The third-order valence-electron chi connectivity index (χ3n) is 2.92. The molecule has 0 fully saturated rings. The lowest BCUT2D eigenvalue weighted by molar-refractivity contribution is 0.584. The van der Waals surface area contributed by atoms with E-state index < -0.39 is 11.6 Å². The fraction of sp³-hybridized carbons (Fsp3) is 0.357. The van der Waals surface area contributed by atoms with Crippen LogP contribution in [0.4, 0.5) is 8.78 Å². The van der Waals surface area contributed by atoms with E-state index in [1.165, 1.54) is 12.1 Å². The van der Waals surface area contributed by atoms with Crippen molar-refractivity contribution in [2.24, 2.45) is 5.73 Å². The number of nitrogens with two attached hydrogens (primary N) is 1. The molecule has 0 aliphatic heterocycles. The number of rotatable bonds is 6. The monoisotopic (exact) mass is 265 g/mol. The molecular formula is C14H17F2N3. The molecular weight excluding hydrogens is 248 g/mol. The number of halogens is 2. The summed E-state index contributed by atoms with van der Waals surface area (Å²) in [5.41, 5.74) is 6.52. The van der Waals surface area contributed by atoms with Crippen LogP contribution in [0.1, 0.15) is 25.1 Å². The molecule has 0 atom stereocenters. The van der Waals surface area contributed by atoms with E-state index in [4.69, 9.17) is 5.73 Å². The molecule has 2 rings (SSSR count). The Kier molecular flexibility index (Phi) is 4.63. The molecule has 0 saturated carbocycles. The van der Waals surface area contributed by atoms with E-state index in [0.717, 1.165) is 37.6 Å². The molecule has 0 aliphatic rings. The van der Waals surface area contributed by atoms with Crippen molar-refractivity contribution in [3.05, 3.63) is 41.9 Å². The number of nitrogens with zero attached hydrogens (tertiary/aromatic N) is 1. The van der Waals surface area contributed by atoms with Crippen LogP contribution in [-0.2, 0) is 6.42 Å². The van der Waals surface area contributed by atoms with Gasteiger partial charge in [0.15, 0.2) is 0 Å². The van der Waals surface area contributed by atoms with Crippen LogP contribution in [0.2, 0.25) is 0 Å². The predicted molar refractivity (Wildman–Crippen MR) is 70.5 cm³/mol. The molecule has 3 N–H and O–H groups in total. The molecule has 0 bridgehead atoms. The normalized spacial score (nSPS) is 10.9. The lowest BCUT2D eigenvalue weighted by Gasteiger charge is -1.99. The van der Waals surface area contributed by atoms with E-state index in [2.05, 4.69) is 9.97 Å². The highest BCUT2D eigenvalue weighted by Crippen LogP contribution is 2.20. The fourth-order valence-corrected chi connectivity index (χ4v) is 1.96. The molecule has 5 heteroatoms. The van der Waals surface area contributed by atoms with Gasteiger partial charge in [0.25, 0.3) is 0 Å². The van der Waals surface area contributed by atoms with Gasteiger partial charge in [-0.15, -0.1) is 0 Å². The summed E-state index contributed by atoms with van der Waals surface area (Å²) in [5.74, 6) is -0.347. The van der Waals surface area contributed by atoms with Crippen LogP contribution < -0.4 is 5.73 Å². The Morgan fingerprint density at radius 2 is 1.79 bits per heavy atom. The van der Waals surface area contributed by atoms with Crippen LogP contribution in [0.15, 0.2) is 24.4 Å². The molecule has 0 unspecified atom stereocenters. The minimum absolute atomic E-state index is 0.471. The molecule has 3 nitrogen and oxygen atoms in total. The quantitative estimate of drug-likeness (QED) is 0.789.